The molecule has 11 heteroatoms. The largest absolute Gasteiger partial charge is 0.481 e. The maximum atomic E-state index is 12.2. The van der Waals surface area contributed by atoms with E-state index in [1.807, 2.05) is 13.8 Å². The Kier molecular flexibility index (Phi) is 26.6. The molecule has 43 heavy (non-hydrogen) atoms. The maximum absolute atomic E-state index is 12.2. The number of amides is 2. The molecule has 0 unspecified atom stereocenters. The Hall–Kier alpha value is -2.53. The average molecular weight is 615 g/mol. The van der Waals surface area contributed by atoms with E-state index >= 15 is 0 Å². The third-order valence-corrected chi connectivity index (χ3v) is 7.17. The number of carbonyl (C=O) groups excluding carboxylic acids is 3. The number of carboxylic acids is 2. The van der Waals surface area contributed by atoms with Crippen molar-refractivity contribution in [2.45, 2.75) is 135 Å². The minimum Gasteiger partial charge on any atom is -0.481 e. The summed E-state index contributed by atoms with van der Waals surface area (Å²) in [7, 11) is 0. The molecule has 0 saturated heterocycles. The number of nitrogens with one attached hydrogen (secondary N) is 2. The summed E-state index contributed by atoms with van der Waals surface area (Å²) in [6.45, 7) is 4.81. The van der Waals surface area contributed by atoms with Gasteiger partial charge in [0.25, 0.3) is 0 Å². The first-order chi connectivity index (χ1) is 20.6. The number of unbranched alkanes of at least 4 members (excludes halogenated alkanes) is 13. The van der Waals surface area contributed by atoms with Crippen LogP contribution in [0.25, 0.3) is 0 Å². The predicted octanol–water partition coefficient (Wildman–Crippen LogP) is 5.04. The highest BCUT2D eigenvalue weighted by atomic mass is 16.5. The molecule has 0 aromatic rings. The molecule has 0 aliphatic carbocycles. The average Bonchev–Trinajstić information content (AvgIpc) is 2.95. The molecular weight excluding hydrogens is 556 g/mol. The van der Waals surface area contributed by atoms with Crippen molar-refractivity contribution in [3.63, 3.8) is 0 Å². The second kappa shape index (κ2) is 28.3. The topological polar surface area (TPSA) is 168 Å². The van der Waals surface area contributed by atoms with E-state index in [1.54, 1.807) is 0 Å². The number of carboxylic acid groups (broad SMARTS) is 2. The van der Waals surface area contributed by atoms with Crippen molar-refractivity contribution < 1.29 is 43.7 Å². The van der Waals surface area contributed by atoms with Crippen LogP contribution in [0.15, 0.2) is 0 Å². The van der Waals surface area contributed by atoms with Crippen LogP contribution in [-0.4, -0.2) is 78.8 Å². The monoisotopic (exact) mass is 614 g/mol. The van der Waals surface area contributed by atoms with E-state index in [0.717, 1.165) is 38.5 Å². The lowest BCUT2D eigenvalue weighted by Gasteiger charge is -2.14. The van der Waals surface area contributed by atoms with Crippen LogP contribution in [0.1, 0.15) is 129 Å². The van der Waals surface area contributed by atoms with Crippen molar-refractivity contribution in [1.82, 2.24) is 10.6 Å². The summed E-state index contributed by atoms with van der Waals surface area (Å²) in [6, 6.07) is -1.10. The van der Waals surface area contributed by atoms with Gasteiger partial charge in [0.05, 0.1) is 19.8 Å². The van der Waals surface area contributed by atoms with E-state index in [-0.39, 0.29) is 75.6 Å². The number of rotatable bonds is 31. The summed E-state index contributed by atoms with van der Waals surface area (Å²) in [5.74, 6) is -2.51. The van der Waals surface area contributed by atoms with Gasteiger partial charge in [-0.2, -0.15) is 0 Å². The van der Waals surface area contributed by atoms with Gasteiger partial charge in [-0.1, -0.05) is 90.9 Å². The molecule has 2 amide bonds. The summed E-state index contributed by atoms with van der Waals surface area (Å²) in [6.07, 6.45) is 15.8. The Morgan fingerprint density at radius 2 is 1.09 bits per heavy atom. The smallest absolute Gasteiger partial charge is 0.326 e. The predicted molar refractivity (Wildman–Crippen MR) is 165 cm³/mol. The summed E-state index contributed by atoms with van der Waals surface area (Å²) < 4.78 is 10.6. The van der Waals surface area contributed by atoms with Crippen molar-refractivity contribution in [2.24, 2.45) is 5.92 Å². The van der Waals surface area contributed by atoms with Gasteiger partial charge in [-0.15, -0.1) is 0 Å². The first-order valence-corrected chi connectivity index (χ1v) is 16.3. The summed E-state index contributed by atoms with van der Waals surface area (Å²) in [5.41, 5.74) is 0. The number of ether oxygens (including phenoxy) is 2. The Labute approximate surface area is 258 Å². The standard InChI is InChI=1S/C32H58N2O9/c1-26(2)28(35)25-43-24-23-42-22-21-33-29(36)20-19-27(32(40)41)34-30(37)17-15-13-11-9-7-5-3-4-6-8-10-12-14-16-18-31(38)39/h26-27H,3-25H2,1-2H3,(H,33,36)(H,34,37)(H,38,39)(H,40,41)/t27-/m0/s1. The summed E-state index contributed by atoms with van der Waals surface area (Å²) >= 11 is 0. The molecule has 0 radical (unpaired) electrons. The van der Waals surface area contributed by atoms with Crippen molar-refractivity contribution in [2.75, 3.05) is 33.0 Å². The lowest BCUT2D eigenvalue weighted by molar-refractivity contribution is -0.142. The maximum Gasteiger partial charge on any atom is 0.326 e. The van der Waals surface area contributed by atoms with E-state index in [2.05, 4.69) is 10.6 Å². The van der Waals surface area contributed by atoms with E-state index in [1.165, 1.54) is 44.9 Å². The highest BCUT2D eigenvalue weighted by Crippen LogP contribution is 2.14. The minimum absolute atomic E-state index is 0.0122. The molecule has 0 bridgehead atoms. The zero-order chi connectivity index (χ0) is 32.1. The molecule has 1 atom stereocenters. The Morgan fingerprint density at radius 1 is 0.605 bits per heavy atom. The van der Waals surface area contributed by atoms with Crippen LogP contribution in [0.4, 0.5) is 0 Å². The van der Waals surface area contributed by atoms with Crippen LogP contribution >= 0.6 is 0 Å². The molecule has 0 aromatic carbocycles. The second-order valence-electron chi connectivity index (χ2n) is 11.5. The number of ketones is 1. The van der Waals surface area contributed by atoms with E-state index in [9.17, 15) is 29.1 Å². The normalized spacial score (nSPS) is 11.8. The highest BCUT2D eigenvalue weighted by molar-refractivity contribution is 5.84. The van der Waals surface area contributed by atoms with Gasteiger partial charge in [0.2, 0.25) is 11.8 Å². The molecule has 0 saturated carbocycles. The van der Waals surface area contributed by atoms with Gasteiger partial charge in [0.1, 0.15) is 12.6 Å². The number of hydrogen-bond acceptors (Lipinski definition) is 7. The van der Waals surface area contributed by atoms with Gasteiger partial charge in [-0.05, 0) is 19.3 Å². The third-order valence-electron chi connectivity index (χ3n) is 7.17. The molecule has 0 aliphatic rings. The molecular formula is C32H58N2O9. The van der Waals surface area contributed by atoms with E-state index < -0.39 is 18.0 Å². The van der Waals surface area contributed by atoms with E-state index in [4.69, 9.17) is 14.6 Å². The molecule has 0 spiro atoms. The molecule has 250 valence electrons. The number of Topliss-reactive ketones (excluding diaryl/α,β-unsaturated/α-hetero) is 1. The Bertz CT molecular complexity index is 774. The summed E-state index contributed by atoms with van der Waals surface area (Å²) in [4.78, 5) is 57.7. The zero-order valence-corrected chi connectivity index (χ0v) is 26.7. The van der Waals surface area contributed by atoms with Crippen LogP contribution in [0.2, 0.25) is 0 Å². The first-order valence-electron chi connectivity index (χ1n) is 16.3. The number of carbonyl (C=O) groups is 5. The van der Waals surface area contributed by atoms with Gasteiger partial charge >= 0.3 is 11.9 Å². The molecule has 0 rings (SSSR count). The van der Waals surface area contributed by atoms with Crippen molar-refractivity contribution in [1.29, 1.82) is 0 Å². The van der Waals surface area contributed by atoms with Crippen molar-refractivity contribution in [3.8, 4) is 0 Å². The van der Waals surface area contributed by atoms with Crippen molar-refractivity contribution in [3.05, 3.63) is 0 Å². The Balaban J connectivity index is 3.68. The SMILES string of the molecule is CC(C)C(=O)COCCOCCNC(=O)CC[C@H](NC(=O)CCCCCCCCCCCCCCCCC(=O)O)C(=O)O. The Morgan fingerprint density at radius 3 is 1.58 bits per heavy atom. The quantitative estimate of drug-likeness (QED) is 0.0782. The highest BCUT2D eigenvalue weighted by Gasteiger charge is 2.20. The van der Waals surface area contributed by atoms with Crippen LogP contribution in [0.3, 0.4) is 0 Å². The van der Waals surface area contributed by atoms with Gasteiger partial charge < -0.3 is 30.3 Å². The minimum atomic E-state index is -1.16. The zero-order valence-electron chi connectivity index (χ0n) is 26.7. The fraction of sp³-hybridized carbons (Fsp3) is 0.844. The summed E-state index contributed by atoms with van der Waals surface area (Å²) in [5, 5.41) is 23.2. The molecule has 0 aliphatic heterocycles. The van der Waals surface area contributed by atoms with E-state index in [0.29, 0.717) is 13.0 Å². The molecule has 0 aromatic heterocycles. The molecule has 11 nitrogen and oxygen atoms in total. The number of aliphatic carboxylic acids is 2. The van der Waals surface area contributed by atoms with Gasteiger partial charge in [0.15, 0.2) is 5.78 Å². The molecule has 0 heterocycles. The lowest BCUT2D eigenvalue weighted by Crippen LogP contribution is -2.41. The van der Waals surface area contributed by atoms with Crippen LogP contribution < -0.4 is 10.6 Å². The first kappa shape index (κ1) is 40.5. The fourth-order valence-corrected chi connectivity index (χ4v) is 4.39. The van der Waals surface area contributed by atoms with Crippen LogP contribution in [0.5, 0.6) is 0 Å². The fourth-order valence-electron chi connectivity index (χ4n) is 4.39. The lowest BCUT2D eigenvalue weighted by atomic mass is 10.0. The molecule has 4 N–H and O–H groups in total. The van der Waals surface area contributed by atoms with Gasteiger partial charge in [-0.3, -0.25) is 19.2 Å². The van der Waals surface area contributed by atoms with Gasteiger partial charge in [0, 0.05) is 31.7 Å². The van der Waals surface area contributed by atoms with Crippen molar-refractivity contribution >= 4 is 29.5 Å². The van der Waals surface area contributed by atoms with Crippen LogP contribution in [-0.2, 0) is 33.4 Å². The van der Waals surface area contributed by atoms with Crippen LogP contribution in [0, 0.1) is 5.92 Å². The number of hydrogen-bond donors (Lipinski definition) is 4. The molecule has 0 fully saturated rings. The van der Waals surface area contributed by atoms with Gasteiger partial charge in [-0.25, -0.2) is 4.79 Å². The third kappa shape index (κ3) is 28.0. The second-order valence-corrected chi connectivity index (χ2v) is 11.5.